The summed E-state index contributed by atoms with van der Waals surface area (Å²) >= 11 is 0. The molecule has 0 saturated heterocycles. The van der Waals surface area contributed by atoms with Gasteiger partial charge in [-0.05, 0) is 96.3 Å². The Bertz CT molecular complexity index is 1330. The fraction of sp³-hybridized carbons (Fsp3) is 0.723. The van der Waals surface area contributed by atoms with Crippen molar-refractivity contribution in [3.63, 3.8) is 0 Å². The Balaban J connectivity index is 3.50. The summed E-state index contributed by atoms with van der Waals surface area (Å²) in [5.41, 5.74) is 0. The maximum Gasteiger partial charge on any atom is 0.306 e. The van der Waals surface area contributed by atoms with Gasteiger partial charge >= 0.3 is 11.9 Å². The monoisotopic (exact) mass is 973 g/mol. The van der Waals surface area contributed by atoms with Crippen LogP contribution in [0.5, 0.6) is 0 Å². The minimum atomic E-state index is -0.778. The van der Waals surface area contributed by atoms with E-state index in [1.165, 1.54) is 173 Å². The predicted octanol–water partition coefficient (Wildman–Crippen LogP) is 20.3. The smallest absolute Gasteiger partial charge is 0.306 e. The zero-order chi connectivity index (χ0) is 50.6. The number of esters is 2. The summed E-state index contributed by atoms with van der Waals surface area (Å²) in [6.07, 6.45) is 85.3. The van der Waals surface area contributed by atoms with Crippen molar-refractivity contribution in [2.75, 3.05) is 13.2 Å². The van der Waals surface area contributed by atoms with Crippen LogP contribution in [0.2, 0.25) is 0 Å². The molecular weight excluding hydrogens is 861 g/mol. The topological polar surface area (TPSA) is 72.8 Å². The lowest BCUT2D eigenvalue weighted by Gasteiger charge is -2.15. The third kappa shape index (κ3) is 57.4. The summed E-state index contributed by atoms with van der Waals surface area (Å²) in [5, 5.41) is 9.67. The van der Waals surface area contributed by atoms with E-state index in [4.69, 9.17) is 9.47 Å². The molecule has 0 fully saturated rings. The van der Waals surface area contributed by atoms with Crippen molar-refractivity contribution in [1.29, 1.82) is 0 Å². The number of hydrogen-bond donors (Lipinski definition) is 1. The Morgan fingerprint density at radius 3 is 0.929 bits per heavy atom. The van der Waals surface area contributed by atoms with Crippen LogP contribution >= 0.6 is 0 Å². The summed E-state index contributed by atoms with van der Waals surface area (Å²) in [4.78, 5) is 24.6. The molecule has 0 aliphatic carbocycles. The van der Waals surface area contributed by atoms with Crippen LogP contribution in [-0.2, 0) is 19.1 Å². The van der Waals surface area contributed by atoms with Crippen LogP contribution in [0.15, 0.2) is 97.2 Å². The van der Waals surface area contributed by atoms with Crippen molar-refractivity contribution >= 4 is 11.9 Å². The Labute approximate surface area is 434 Å². The molecule has 0 amide bonds. The Morgan fingerprint density at radius 1 is 0.343 bits per heavy atom. The van der Waals surface area contributed by atoms with E-state index in [1.54, 1.807) is 0 Å². The standard InChI is InChI=1S/C65H112O5/c1-3-5-7-9-11-13-15-17-19-21-23-25-27-28-29-30-31-32-33-34-35-36-38-40-42-44-46-48-50-52-54-56-58-60-65(68)70-63(61-66)62-69-64(67)59-57-55-53-51-49-47-45-43-41-39-37-26-24-22-20-18-16-14-12-10-8-6-4-2/h5,7,11,13,16-19,22-25,28-29,31-32,63,66H,3-4,6,8-10,12,14-15,20-21,26-27,30,33-62H2,1-2H3/b7-5-,13-11-,18-16-,19-17-,24-22-,25-23-,29-28-,32-31-. The molecule has 5 nitrogen and oxygen atoms in total. The second kappa shape index (κ2) is 60.1. The molecule has 5 heteroatoms. The van der Waals surface area contributed by atoms with Gasteiger partial charge in [-0.25, -0.2) is 0 Å². The first-order chi connectivity index (χ1) is 34.6. The lowest BCUT2D eigenvalue weighted by atomic mass is 10.0. The van der Waals surface area contributed by atoms with Gasteiger partial charge in [0.1, 0.15) is 6.61 Å². The molecule has 0 aromatic carbocycles. The van der Waals surface area contributed by atoms with Gasteiger partial charge in [0.05, 0.1) is 6.61 Å². The van der Waals surface area contributed by atoms with E-state index in [0.717, 1.165) is 83.5 Å². The SMILES string of the molecule is CC/C=C\C/C=C\C/C=C\C/C=C\C/C=C\C/C=C\CCCCCCCCCCCCCCCCC(=O)OC(CO)COC(=O)CCCCCCCCCCCCC/C=C\C/C=C\CCCCCCC. The number of ether oxygens (including phenoxy) is 2. The average Bonchev–Trinajstić information content (AvgIpc) is 3.36. The van der Waals surface area contributed by atoms with Crippen LogP contribution in [0.25, 0.3) is 0 Å². The Morgan fingerprint density at radius 2 is 0.614 bits per heavy atom. The fourth-order valence-electron chi connectivity index (χ4n) is 8.41. The van der Waals surface area contributed by atoms with E-state index >= 15 is 0 Å². The summed E-state index contributed by atoms with van der Waals surface area (Å²) in [6.45, 7) is 4.04. The Kier molecular flexibility index (Phi) is 57.4. The maximum absolute atomic E-state index is 12.3. The van der Waals surface area contributed by atoms with Gasteiger partial charge in [0, 0.05) is 12.8 Å². The molecule has 0 aliphatic heterocycles. The van der Waals surface area contributed by atoms with Crippen LogP contribution in [0.4, 0.5) is 0 Å². The molecule has 0 rings (SSSR count). The van der Waals surface area contributed by atoms with Crippen LogP contribution in [0.3, 0.4) is 0 Å². The predicted molar refractivity (Wildman–Crippen MR) is 306 cm³/mol. The van der Waals surface area contributed by atoms with Crippen LogP contribution in [-0.4, -0.2) is 36.4 Å². The highest BCUT2D eigenvalue weighted by Gasteiger charge is 2.16. The van der Waals surface area contributed by atoms with E-state index in [-0.39, 0.29) is 25.2 Å². The van der Waals surface area contributed by atoms with Crippen molar-refractivity contribution < 1.29 is 24.2 Å². The summed E-state index contributed by atoms with van der Waals surface area (Å²) < 4.78 is 10.7. The molecular formula is C65H112O5. The first-order valence-corrected chi connectivity index (χ1v) is 29.8. The molecule has 0 aromatic heterocycles. The first-order valence-electron chi connectivity index (χ1n) is 29.8. The van der Waals surface area contributed by atoms with Gasteiger partial charge < -0.3 is 14.6 Å². The van der Waals surface area contributed by atoms with Gasteiger partial charge in [0.2, 0.25) is 0 Å². The number of aliphatic hydroxyl groups is 1. The highest BCUT2D eigenvalue weighted by molar-refractivity contribution is 5.70. The molecule has 0 aromatic rings. The minimum absolute atomic E-state index is 0.0690. The van der Waals surface area contributed by atoms with Crippen molar-refractivity contribution in [1.82, 2.24) is 0 Å². The van der Waals surface area contributed by atoms with Crippen LogP contribution < -0.4 is 0 Å². The van der Waals surface area contributed by atoms with Gasteiger partial charge in [-0.3, -0.25) is 9.59 Å². The van der Waals surface area contributed by atoms with Gasteiger partial charge in [-0.2, -0.15) is 0 Å². The third-order valence-corrected chi connectivity index (χ3v) is 12.9. The third-order valence-electron chi connectivity index (χ3n) is 12.9. The van der Waals surface area contributed by atoms with Crippen molar-refractivity contribution in [3.8, 4) is 0 Å². The highest BCUT2D eigenvalue weighted by Crippen LogP contribution is 2.16. The number of carbonyl (C=O) groups excluding carboxylic acids is 2. The first kappa shape index (κ1) is 66.8. The summed E-state index contributed by atoms with van der Waals surface area (Å²) in [6, 6.07) is 0. The van der Waals surface area contributed by atoms with Gasteiger partial charge in [0.15, 0.2) is 6.10 Å². The van der Waals surface area contributed by atoms with Crippen molar-refractivity contribution in [3.05, 3.63) is 97.2 Å². The summed E-state index contributed by atoms with van der Waals surface area (Å²) in [5.74, 6) is -0.588. The second-order valence-corrected chi connectivity index (χ2v) is 19.7. The molecule has 0 bridgehead atoms. The van der Waals surface area contributed by atoms with E-state index in [0.29, 0.717) is 12.8 Å². The molecule has 70 heavy (non-hydrogen) atoms. The van der Waals surface area contributed by atoms with Crippen LogP contribution in [0.1, 0.15) is 284 Å². The number of unbranched alkanes of at least 4 members (excludes halogenated alkanes) is 30. The van der Waals surface area contributed by atoms with Crippen LogP contribution in [0, 0.1) is 0 Å². The average molecular weight is 974 g/mol. The molecule has 402 valence electrons. The number of rotatable bonds is 54. The molecule has 1 atom stereocenters. The fourth-order valence-corrected chi connectivity index (χ4v) is 8.41. The minimum Gasteiger partial charge on any atom is -0.462 e. The summed E-state index contributed by atoms with van der Waals surface area (Å²) in [7, 11) is 0. The molecule has 0 saturated carbocycles. The molecule has 0 radical (unpaired) electrons. The zero-order valence-electron chi connectivity index (χ0n) is 46.0. The number of hydrogen-bond acceptors (Lipinski definition) is 5. The lowest BCUT2D eigenvalue weighted by molar-refractivity contribution is -0.161. The normalized spacial score (nSPS) is 12.9. The van der Waals surface area contributed by atoms with Crippen molar-refractivity contribution in [2.45, 2.75) is 290 Å². The van der Waals surface area contributed by atoms with Gasteiger partial charge in [-0.1, -0.05) is 272 Å². The van der Waals surface area contributed by atoms with Gasteiger partial charge in [0.25, 0.3) is 0 Å². The Hall–Kier alpha value is -3.18. The largest absolute Gasteiger partial charge is 0.462 e. The molecule has 1 N–H and O–H groups in total. The maximum atomic E-state index is 12.3. The van der Waals surface area contributed by atoms with E-state index < -0.39 is 6.10 Å². The number of aliphatic hydroxyl groups excluding tert-OH is 1. The molecule has 0 spiro atoms. The molecule has 0 aliphatic rings. The van der Waals surface area contributed by atoms with E-state index in [2.05, 4.69) is 111 Å². The quantitative estimate of drug-likeness (QED) is 0.0373. The number of carbonyl (C=O) groups is 2. The highest BCUT2D eigenvalue weighted by atomic mass is 16.6. The second-order valence-electron chi connectivity index (χ2n) is 19.7. The van der Waals surface area contributed by atoms with Crippen molar-refractivity contribution in [2.24, 2.45) is 0 Å². The molecule has 1 unspecified atom stereocenters. The van der Waals surface area contributed by atoms with E-state index in [9.17, 15) is 14.7 Å². The molecule has 0 heterocycles. The number of allylic oxidation sites excluding steroid dienone is 16. The van der Waals surface area contributed by atoms with Gasteiger partial charge in [-0.15, -0.1) is 0 Å². The lowest BCUT2D eigenvalue weighted by Crippen LogP contribution is -2.28. The zero-order valence-corrected chi connectivity index (χ0v) is 46.0. The van der Waals surface area contributed by atoms with E-state index in [1.807, 2.05) is 0 Å².